The molecule has 0 spiro atoms. The van der Waals surface area contributed by atoms with Crippen molar-refractivity contribution in [2.45, 2.75) is 31.4 Å². The van der Waals surface area contributed by atoms with Crippen LogP contribution in [0.15, 0.2) is 53.5 Å². The van der Waals surface area contributed by atoms with Crippen LogP contribution in [0.3, 0.4) is 0 Å². The highest BCUT2D eigenvalue weighted by Crippen LogP contribution is 2.47. The first-order chi connectivity index (χ1) is 12.6. The average Bonchev–Trinajstić information content (AvgIpc) is 3.45. The van der Waals surface area contributed by atoms with Gasteiger partial charge in [-0.2, -0.15) is 0 Å². The molecule has 0 aromatic heterocycles. The molecule has 0 atom stereocenters. The summed E-state index contributed by atoms with van der Waals surface area (Å²) in [4.78, 5) is 4.29. The predicted octanol–water partition coefficient (Wildman–Crippen LogP) is 3.99. The molecule has 6 heteroatoms. The Labute approximate surface area is 177 Å². The molecule has 2 N–H and O–H groups in total. The maximum atomic E-state index is 13.5. The van der Waals surface area contributed by atoms with Crippen LogP contribution in [0.5, 0.6) is 0 Å². The number of nitrogens with zero attached hydrogens (tertiary/aromatic N) is 1. The molecule has 27 heavy (non-hydrogen) atoms. The highest BCUT2D eigenvalue weighted by Gasteiger charge is 2.44. The summed E-state index contributed by atoms with van der Waals surface area (Å²) in [5, 5.41) is 6.72. The molecule has 3 rings (SSSR count). The van der Waals surface area contributed by atoms with Crippen molar-refractivity contribution in [3.8, 4) is 0 Å². The molecule has 2 aromatic rings. The molecule has 146 valence electrons. The Morgan fingerprint density at radius 3 is 2.41 bits per heavy atom. The van der Waals surface area contributed by atoms with Crippen LogP contribution in [-0.4, -0.2) is 26.7 Å². The molecule has 0 bridgehead atoms. The van der Waals surface area contributed by atoms with E-state index in [-0.39, 0.29) is 35.2 Å². The van der Waals surface area contributed by atoms with E-state index < -0.39 is 0 Å². The van der Waals surface area contributed by atoms with Crippen molar-refractivity contribution in [2.75, 3.05) is 20.7 Å². The van der Waals surface area contributed by atoms with Crippen molar-refractivity contribution in [1.82, 2.24) is 10.6 Å². The number of guanidine groups is 1. The van der Waals surface area contributed by atoms with Crippen LogP contribution in [0.25, 0.3) is 0 Å². The maximum Gasteiger partial charge on any atom is 0.191 e. The number of halogens is 2. The zero-order valence-corrected chi connectivity index (χ0v) is 18.1. The van der Waals surface area contributed by atoms with E-state index in [1.54, 1.807) is 26.3 Å². The van der Waals surface area contributed by atoms with Crippen molar-refractivity contribution in [1.29, 1.82) is 0 Å². The van der Waals surface area contributed by atoms with Gasteiger partial charge in [0.25, 0.3) is 0 Å². The summed E-state index contributed by atoms with van der Waals surface area (Å²) in [5.74, 6) is 0.585. The SMILES string of the molecule is CN=C(NCc1ccc(COC)cc1)NCC1(c2cccc(F)c2)CC1.I. The predicted molar refractivity (Wildman–Crippen MR) is 118 cm³/mol. The highest BCUT2D eigenvalue weighted by atomic mass is 127. The van der Waals surface area contributed by atoms with Gasteiger partial charge in [-0.15, -0.1) is 24.0 Å². The van der Waals surface area contributed by atoms with Gasteiger partial charge < -0.3 is 15.4 Å². The van der Waals surface area contributed by atoms with Crippen molar-refractivity contribution < 1.29 is 9.13 Å². The third kappa shape index (κ3) is 5.90. The molecule has 0 amide bonds. The van der Waals surface area contributed by atoms with E-state index in [1.165, 1.54) is 11.6 Å². The molecular formula is C21H27FIN3O. The minimum atomic E-state index is -0.173. The highest BCUT2D eigenvalue weighted by molar-refractivity contribution is 14.0. The molecule has 1 aliphatic carbocycles. The van der Waals surface area contributed by atoms with E-state index in [0.29, 0.717) is 13.2 Å². The molecule has 0 heterocycles. The van der Waals surface area contributed by atoms with Gasteiger partial charge in [0.1, 0.15) is 5.82 Å². The van der Waals surface area contributed by atoms with Gasteiger partial charge in [0.2, 0.25) is 0 Å². The summed E-state index contributed by atoms with van der Waals surface area (Å²) in [5.41, 5.74) is 3.43. The zero-order valence-electron chi connectivity index (χ0n) is 15.8. The summed E-state index contributed by atoms with van der Waals surface area (Å²) in [6.45, 7) is 2.07. The Hall–Kier alpha value is -1.67. The minimum Gasteiger partial charge on any atom is -0.380 e. The average molecular weight is 483 g/mol. The minimum absolute atomic E-state index is 0. The van der Waals surface area contributed by atoms with E-state index >= 15 is 0 Å². The quantitative estimate of drug-likeness (QED) is 0.356. The maximum absolute atomic E-state index is 13.5. The van der Waals surface area contributed by atoms with Gasteiger partial charge in [0, 0.05) is 32.7 Å². The van der Waals surface area contributed by atoms with Gasteiger partial charge in [0.15, 0.2) is 5.96 Å². The first kappa shape index (κ1) is 21.6. The van der Waals surface area contributed by atoms with Crippen LogP contribution < -0.4 is 10.6 Å². The zero-order chi connectivity index (χ0) is 18.4. The van der Waals surface area contributed by atoms with E-state index in [4.69, 9.17) is 4.74 Å². The molecule has 0 saturated heterocycles. The summed E-state index contributed by atoms with van der Waals surface area (Å²) in [7, 11) is 3.46. The lowest BCUT2D eigenvalue weighted by Gasteiger charge is -2.19. The summed E-state index contributed by atoms with van der Waals surface area (Å²) in [6, 6.07) is 15.2. The lowest BCUT2D eigenvalue weighted by molar-refractivity contribution is 0.185. The van der Waals surface area contributed by atoms with Gasteiger partial charge in [0.05, 0.1) is 6.61 Å². The number of nitrogens with one attached hydrogen (secondary N) is 2. The van der Waals surface area contributed by atoms with Gasteiger partial charge >= 0.3 is 0 Å². The van der Waals surface area contributed by atoms with Crippen molar-refractivity contribution >= 4 is 29.9 Å². The van der Waals surface area contributed by atoms with E-state index in [1.807, 2.05) is 6.07 Å². The Balaban J connectivity index is 0.00000261. The molecular weight excluding hydrogens is 456 g/mol. The third-order valence-electron chi connectivity index (χ3n) is 4.90. The monoisotopic (exact) mass is 483 g/mol. The number of ether oxygens (including phenoxy) is 1. The van der Waals surface area contributed by atoms with Crippen molar-refractivity contribution in [3.05, 3.63) is 71.0 Å². The van der Waals surface area contributed by atoms with Crippen LogP contribution >= 0.6 is 24.0 Å². The Morgan fingerprint density at radius 1 is 1.11 bits per heavy atom. The number of methoxy groups -OCH3 is 1. The lowest BCUT2D eigenvalue weighted by Crippen LogP contribution is -2.40. The third-order valence-corrected chi connectivity index (χ3v) is 4.90. The number of rotatable bonds is 7. The molecule has 0 aliphatic heterocycles. The summed E-state index contributed by atoms with van der Waals surface area (Å²) >= 11 is 0. The topological polar surface area (TPSA) is 45.7 Å². The van der Waals surface area contributed by atoms with Crippen LogP contribution in [0.1, 0.15) is 29.5 Å². The normalized spacial score (nSPS) is 15.0. The van der Waals surface area contributed by atoms with Crippen LogP contribution in [0.4, 0.5) is 4.39 Å². The smallest absolute Gasteiger partial charge is 0.191 e. The Kier molecular flexibility index (Phi) is 8.04. The van der Waals surface area contributed by atoms with Crippen LogP contribution in [-0.2, 0) is 23.3 Å². The number of hydrogen-bond acceptors (Lipinski definition) is 2. The van der Waals surface area contributed by atoms with Crippen molar-refractivity contribution in [3.63, 3.8) is 0 Å². The number of aliphatic imine (C=N–C) groups is 1. The first-order valence-corrected chi connectivity index (χ1v) is 8.92. The lowest BCUT2D eigenvalue weighted by atomic mass is 9.96. The van der Waals surface area contributed by atoms with Gasteiger partial charge in [-0.1, -0.05) is 36.4 Å². The Bertz CT molecular complexity index is 760. The second-order valence-corrected chi connectivity index (χ2v) is 6.82. The van der Waals surface area contributed by atoms with Gasteiger partial charge in [-0.25, -0.2) is 4.39 Å². The standard InChI is InChI=1S/C21H26FN3O.HI/c1-23-20(24-13-16-6-8-17(9-7-16)14-26-2)25-15-21(10-11-21)18-4-3-5-19(22)12-18;/h3-9,12H,10-11,13-15H2,1-2H3,(H2,23,24,25);1H. The Morgan fingerprint density at radius 2 is 1.81 bits per heavy atom. The largest absolute Gasteiger partial charge is 0.380 e. The van der Waals surface area contributed by atoms with Crippen LogP contribution in [0.2, 0.25) is 0 Å². The summed E-state index contributed by atoms with van der Waals surface area (Å²) < 4.78 is 18.6. The van der Waals surface area contributed by atoms with E-state index in [0.717, 1.165) is 36.5 Å². The van der Waals surface area contributed by atoms with Gasteiger partial charge in [-0.05, 0) is 41.7 Å². The van der Waals surface area contributed by atoms with E-state index in [9.17, 15) is 4.39 Å². The van der Waals surface area contributed by atoms with Crippen molar-refractivity contribution in [2.24, 2.45) is 4.99 Å². The fourth-order valence-corrected chi connectivity index (χ4v) is 3.12. The number of benzene rings is 2. The number of hydrogen-bond donors (Lipinski definition) is 2. The fourth-order valence-electron chi connectivity index (χ4n) is 3.12. The first-order valence-electron chi connectivity index (χ1n) is 8.92. The summed E-state index contributed by atoms with van der Waals surface area (Å²) in [6.07, 6.45) is 2.14. The molecule has 1 fully saturated rings. The van der Waals surface area contributed by atoms with Gasteiger partial charge in [-0.3, -0.25) is 4.99 Å². The molecule has 2 aromatic carbocycles. The fraction of sp³-hybridized carbons (Fsp3) is 0.381. The van der Waals surface area contributed by atoms with E-state index in [2.05, 4.69) is 39.9 Å². The molecule has 1 saturated carbocycles. The molecule has 1 aliphatic rings. The second kappa shape index (κ2) is 10.0. The molecule has 4 nitrogen and oxygen atoms in total. The second-order valence-electron chi connectivity index (χ2n) is 6.82. The van der Waals surface area contributed by atoms with Crippen LogP contribution in [0, 0.1) is 5.82 Å². The molecule has 0 radical (unpaired) electrons. The molecule has 0 unspecified atom stereocenters.